The van der Waals surface area contributed by atoms with Crippen molar-refractivity contribution in [3.05, 3.63) is 59.1 Å². The maximum absolute atomic E-state index is 11.6. The monoisotopic (exact) mass is 428 g/mol. The van der Waals surface area contributed by atoms with Crippen molar-refractivity contribution in [3.63, 3.8) is 0 Å². The van der Waals surface area contributed by atoms with Crippen molar-refractivity contribution in [2.24, 2.45) is 5.92 Å². The quantitative estimate of drug-likeness (QED) is 0.621. The number of para-hydroxylation sites is 1. The van der Waals surface area contributed by atoms with Crippen molar-refractivity contribution < 1.29 is 14.6 Å². The van der Waals surface area contributed by atoms with Crippen LogP contribution in [0, 0.1) is 5.92 Å². The van der Waals surface area contributed by atoms with E-state index in [9.17, 15) is 9.90 Å². The number of aliphatic carboxylic acids is 1. The van der Waals surface area contributed by atoms with Crippen molar-refractivity contribution in [1.29, 1.82) is 0 Å². The van der Waals surface area contributed by atoms with Gasteiger partial charge in [-0.15, -0.1) is 0 Å². The molecule has 1 saturated carbocycles. The van der Waals surface area contributed by atoms with Crippen LogP contribution in [0.25, 0.3) is 0 Å². The Morgan fingerprint density at radius 3 is 2.57 bits per heavy atom. The molecule has 30 heavy (non-hydrogen) atoms. The van der Waals surface area contributed by atoms with Crippen LogP contribution in [0.4, 0.5) is 11.4 Å². The van der Waals surface area contributed by atoms with E-state index >= 15 is 0 Å². The summed E-state index contributed by atoms with van der Waals surface area (Å²) in [6.07, 6.45) is 2.34. The molecule has 0 radical (unpaired) electrons. The molecule has 0 bridgehead atoms. The van der Waals surface area contributed by atoms with Crippen LogP contribution >= 0.6 is 11.6 Å². The van der Waals surface area contributed by atoms with E-state index in [-0.39, 0.29) is 30.7 Å². The summed E-state index contributed by atoms with van der Waals surface area (Å²) >= 11 is 6.05. The number of nitrogens with zero attached hydrogens (tertiary/aromatic N) is 1. The minimum Gasteiger partial charge on any atom is -0.481 e. The molecule has 2 aromatic carbocycles. The Balaban J connectivity index is 1.68. The predicted octanol–water partition coefficient (Wildman–Crippen LogP) is 5.36. The van der Waals surface area contributed by atoms with Gasteiger partial charge in [0.15, 0.2) is 0 Å². The second-order valence-corrected chi connectivity index (χ2v) is 8.94. The highest BCUT2D eigenvalue weighted by molar-refractivity contribution is 6.30. The summed E-state index contributed by atoms with van der Waals surface area (Å²) in [5, 5.41) is 13.8. The molecule has 0 amide bonds. The molecular formula is C24H29ClN2O3. The van der Waals surface area contributed by atoms with Gasteiger partial charge in [-0.05, 0) is 74.4 Å². The highest BCUT2D eigenvalue weighted by atomic mass is 35.5. The minimum atomic E-state index is -0.735. The summed E-state index contributed by atoms with van der Waals surface area (Å²) in [5.41, 5.74) is 3.21. The fourth-order valence-electron chi connectivity index (χ4n) is 4.57. The van der Waals surface area contributed by atoms with Gasteiger partial charge in [-0.2, -0.15) is 0 Å². The van der Waals surface area contributed by atoms with Crippen molar-refractivity contribution in [2.75, 3.05) is 16.8 Å². The Labute approximate surface area is 183 Å². The fourth-order valence-corrected chi connectivity index (χ4v) is 4.69. The van der Waals surface area contributed by atoms with E-state index in [0.29, 0.717) is 10.9 Å². The number of rotatable bonds is 7. The maximum atomic E-state index is 11.6. The zero-order valence-electron chi connectivity index (χ0n) is 17.4. The van der Waals surface area contributed by atoms with Crippen LogP contribution in [0.3, 0.4) is 0 Å². The second kappa shape index (κ2) is 8.86. The lowest BCUT2D eigenvalue weighted by Gasteiger charge is -2.45. The van der Waals surface area contributed by atoms with Gasteiger partial charge in [0.2, 0.25) is 0 Å². The summed E-state index contributed by atoms with van der Waals surface area (Å²) in [4.78, 5) is 13.9. The second-order valence-electron chi connectivity index (χ2n) is 8.50. The third-order valence-electron chi connectivity index (χ3n) is 6.07. The smallest absolute Gasteiger partial charge is 0.303 e. The number of anilines is 2. The highest BCUT2D eigenvalue weighted by Crippen LogP contribution is 2.47. The van der Waals surface area contributed by atoms with E-state index in [1.807, 2.05) is 36.4 Å². The standard InChI is InChI=1S/C24H29ClN2O3/c1-15-14-27(24(16(2)30-15)26-19-11-9-18(25)10-12-19)22-6-4-3-5-20(22)21(13-23(28)29)17-7-8-17/h3-6,9-12,15-17,21,24,26H,7-8,13-14H2,1-2H3,(H,28,29)/t15-,16+,21?,24?/m0/s1. The van der Waals surface area contributed by atoms with Crippen LogP contribution in [-0.4, -0.2) is 36.0 Å². The third-order valence-corrected chi connectivity index (χ3v) is 6.32. The van der Waals surface area contributed by atoms with Gasteiger partial charge in [-0.3, -0.25) is 4.79 Å². The number of halogens is 1. The molecule has 2 aromatic rings. The number of carbonyl (C=O) groups is 1. The van der Waals surface area contributed by atoms with E-state index in [1.54, 1.807) is 0 Å². The van der Waals surface area contributed by atoms with Crippen LogP contribution in [0.15, 0.2) is 48.5 Å². The van der Waals surface area contributed by atoms with E-state index < -0.39 is 5.97 Å². The number of ether oxygens (including phenoxy) is 1. The Morgan fingerprint density at radius 2 is 1.90 bits per heavy atom. The van der Waals surface area contributed by atoms with Crippen LogP contribution in [0.5, 0.6) is 0 Å². The molecule has 1 heterocycles. The molecule has 2 aliphatic rings. The zero-order chi connectivity index (χ0) is 21.3. The first-order chi connectivity index (χ1) is 14.4. The van der Waals surface area contributed by atoms with E-state index in [2.05, 4.69) is 36.2 Å². The number of benzene rings is 2. The summed E-state index contributed by atoms with van der Waals surface area (Å²) in [7, 11) is 0. The SMILES string of the molecule is C[C@H]1CN(c2ccccc2C(CC(=O)O)C2CC2)C(Nc2ccc(Cl)cc2)[C@@H](C)O1. The van der Waals surface area contributed by atoms with Crippen LogP contribution in [0.1, 0.15) is 44.6 Å². The molecule has 1 aliphatic carbocycles. The van der Waals surface area contributed by atoms with Crippen LogP contribution in [-0.2, 0) is 9.53 Å². The molecule has 5 nitrogen and oxygen atoms in total. The topological polar surface area (TPSA) is 61.8 Å². The highest BCUT2D eigenvalue weighted by Gasteiger charge is 2.38. The average molecular weight is 429 g/mol. The van der Waals surface area contributed by atoms with Gasteiger partial charge in [0, 0.05) is 22.9 Å². The first-order valence-corrected chi connectivity index (χ1v) is 11.0. The van der Waals surface area contributed by atoms with Crippen molar-refractivity contribution >= 4 is 28.9 Å². The predicted molar refractivity (Wildman–Crippen MR) is 120 cm³/mol. The molecular weight excluding hydrogens is 400 g/mol. The van der Waals surface area contributed by atoms with Gasteiger partial charge in [-0.1, -0.05) is 29.8 Å². The molecule has 1 saturated heterocycles. The van der Waals surface area contributed by atoms with Crippen molar-refractivity contribution in [3.8, 4) is 0 Å². The molecule has 6 heteroatoms. The minimum absolute atomic E-state index is 0.0448. The Bertz CT molecular complexity index is 884. The summed E-state index contributed by atoms with van der Waals surface area (Å²) in [6.45, 7) is 4.89. The molecule has 4 atom stereocenters. The summed E-state index contributed by atoms with van der Waals surface area (Å²) < 4.78 is 6.15. The van der Waals surface area contributed by atoms with Crippen molar-refractivity contribution in [2.45, 2.75) is 57.4 Å². The lowest BCUT2D eigenvalue weighted by atomic mass is 9.89. The summed E-state index contributed by atoms with van der Waals surface area (Å²) in [5.74, 6) is -0.231. The van der Waals surface area contributed by atoms with Crippen molar-refractivity contribution in [1.82, 2.24) is 0 Å². The molecule has 160 valence electrons. The third kappa shape index (κ3) is 4.73. The number of nitrogens with one attached hydrogen (secondary N) is 1. The molecule has 2 unspecified atom stereocenters. The molecule has 2 N–H and O–H groups in total. The van der Waals surface area contributed by atoms with Gasteiger partial charge in [-0.25, -0.2) is 0 Å². The summed E-state index contributed by atoms with van der Waals surface area (Å²) in [6, 6.07) is 15.9. The van der Waals surface area contributed by atoms with Crippen LogP contribution in [0.2, 0.25) is 5.02 Å². The van der Waals surface area contributed by atoms with Gasteiger partial charge in [0.1, 0.15) is 6.17 Å². The lowest BCUT2D eigenvalue weighted by molar-refractivity contribution is -0.137. The first kappa shape index (κ1) is 21.0. The molecule has 0 aromatic heterocycles. The number of hydrogen-bond acceptors (Lipinski definition) is 4. The largest absolute Gasteiger partial charge is 0.481 e. The van der Waals surface area contributed by atoms with Gasteiger partial charge in [0.05, 0.1) is 18.6 Å². The van der Waals surface area contributed by atoms with Gasteiger partial charge >= 0.3 is 5.97 Å². The number of carboxylic acids is 1. The Kier molecular flexibility index (Phi) is 6.21. The molecule has 0 spiro atoms. The van der Waals surface area contributed by atoms with E-state index in [4.69, 9.17) is 16.3 Å². The molecule has 2 fully saturated rings. The Hall–Kier alpha value is -2.24. The number of hydrogen-bond donors (Lipinski definition) is 2. The molecule has 4 rings (SSSR count). The number of morpholine rings is 1. The first-order valence-electron chi connectivity index (χ1n) is 10.7. The van der Waals surface area contributed by atoms with Gasteiger partial charge < -0.3 is 20.1 Å². The lowest BCUT2D eigenvalue weighted by Crippen LogP contribution is -2.57. The zero-order valence-corrected chi connectivity index (χ0v) is 18.2. The number of carboxylic acid groups (broad SMARTS) is 1. The normalized spacial score (nSPS) is 25.0. The van der Waals surface area contributed by atoms with E-state index in [0.717, 1.165) is 36.3 Å². The average Bonchev–Trinajstić information content (AvgIpc) is 3.54. The Morgan fingerprint density at radius 1 is 1.20 bits per heavy atom. The van der Waals surface area contributed by atoms with E-state index in [1.165, 1.54) is 0 Å². The van der Waals surface area contributed by atoms with Gasteiger partial charge in [0.25, 0.3) is 0 Å². The maximum Gasteiger partial charge on any atom is 0.303 e. The fraction of sp³-hybridized carbons (Fsp3) is 0.458. The molecule has 1 aliphatic heterocycles. The van der Waals surface area contributed by atoms with Crippen LogP contribution < -0.4 is 10.2 Å².